The largest absolute Gasteiger partial charge is 0.508 e. The molecule has 0 unspecified atom stereocenters. The lowest BCUT2D eigenvalue weighted by atomic mass is 10.3. The molecule has 17 heavy (non-hydrogen) atoms. The van der Waals surface area contributed by atoms with E-state index in [0.29, 0.717) is 12.4 Å². The molecular formula is C12H15N3O2. The minimum absolute atomic E-state index is 0.188. The summed E-state index contributed by atoms with van der Waals surface area (Å²) in [4.78, 5) is 4.14. The molecule has 1 aromatic heterocycles. The molecule has 0 amide bonds. The quantitative estimate of drug-likeness (QED) is 0.878. The van der Waals surface area contributed by atoms with Crippen LogP contribution >= 0.6 is 0 Å². The first kappa shape index (κ1) is 11.4. The van der Waals surface area contributed by atoms with Crippen LogP contribution in [0.1, 0.15) is 25.7 Å². The van der Waals surface area contributed by atoms with Crippen molar-refractivity contribution in [3.05, 3.63) is 36.4 Å². The summed E-state index contributed by atoms with van der Waals surface area (Å²) in [5.41, 5.74) is 0. The number of aromatic hydroxyl groups is 1. The minimum atomic E-state index is 0.188. The predicted octanol–water partition coefficient (Wildman–Crippen LogP) is 2.14. The Labute approximate surface area is 99.7 Å². The van der Waals surface area contributed by atoms with Gasteiger partial charge < -0.3 is 9.84 Å². The summed E-state index contributed by atoms with van der Waals surface area (Å²) in [5.74, 6) is 1.57. The van der Waals surface area contributed by atoms with Gasteiger partial charge in [-0.3, -0.25) is 0 Å². The zero-order valence-corrected chi connectivity index (χ0v) is 9.87. The predicted molar refractivity (Wildman–Crippen MR) is 62.8 cm³/mol. The maximum absolute atomic E-state index is 9.30. The molecule has 0 spiro atoms. The summed E-state index contributed by atoms with van der Waals surface area (Å²) in [6, 6.07) is 6.94. The normalized spacial score (nSPS) is 10.8. The lowest BCUT2D eigenvalue weighted by molar-refractivity contribution is 0.281. The number of hydrogen-bond donors (Lipinski definition) is 1. The zero-order chi connectivity index (χ0) is 12.3. The molecule has 5 heteroatoms. The average molecular weight is 233 g/mol. The van der Waals surface area contributed by atoms with Gasteiger partial charge in [-0.1, -0.05) is 6.07 Å². The zero-order valence-electron chi connectivity index (χ0n) is 9.87. The number of nitrogens with zero attached hydrogens (tertiary/aromatic N) is 3. The highest BCUT2D eigenvalue weighted by Gasteiger charge is 2.08. The van der Waals surface area contributed by atoms with Crippen molar-refractivity contribution in [1.82, 2.24) is 14.8 Å². The monoisotopic (exact) mass is 233 g/mol. The third kappa shape index (κ3) is 2.75. The van der Waals surface area contributed by atoms with E-state index < -0.39 is 0 Å². The summed E-state index contributed by atoms with van der Waals surface area (Å²) < 4.78 is 7.35. The van der Waals surface area contributed by atoms with Crippen molar-refractivity contribution in [1.29, 1.82) is 0 Å². The second-order valence-corrected chi connectivity index (χ2v) is 4.00. The second kappa shape index (κ2) is 4.86. The molecule has 1 heterocycles. The van der Waals surface area contributed by atoms with Crippen molar-refractivity contribution in [3.63, 3.8) is 0 Å². The molecule has 90 valence electrons. The maximum Gasteiger partial charge on any atom is 0.165 e. The summed E-state index contributed by atoms with van der Waals surface area (Å²) in [6.45, 7) is 4.40. The van der Waals surface area contributed by atoms with E-state index in [1.54, 1.807) is 24.3 Å². The second-order valence-electron chi connectivity index (χ2n) is 4.00. The van der Waals surface area contributed by atoms with E-state index in [0.717, 1.165) is 5.82 Å². The number of benzene rings is 1. The molecule has 0 fully saturated rings. The number of aromatic nitrogens is 3. The molecule has 1 aromatic carbocycles. The number of hydrogen-bond acceptors (Lipinski definition) is 4. The first-order valence-electron chi connectivity index (χ1n) is 5.47. The topological polar surface area (TPSA) is 60.2 Å². The number of phenolic OH excluding ortho intramolecular Hbond substituents is 1. The average Bonchev–Trinajstić information content (AvgIpc) is 2.74. The molecule has 0 aliphatic carbocycles. The molecule has 0 aliphatic heterocycles. The Bertz CT molecular complexity index is 494. The Morgan fingerprint density at radius 1 is 1.41 bits per heavy atom. The van der Waals surface area contributed by atoms with Gasteiger partial charge in [0.05, 0.1) is 0 Å². The van der Waals surface area contributed by atoms with Gasteiger partial charge in [0, 0.05) is 12.1 Å². The lowest BCUT2D eigenvalue weighted by Gasteiger charge is -2.10. The number of phenols is 1. The van der Waals surface area contributed by atoms with Crippen LogP contribution in [0.15, 0.2) is 30.6 Å². The van der Waals surface area contributed by atoms with Gasteiger partial charge in [0.2, 0.25) is 0 Å². The molecule has 2 rings (SSSR count). The van der Waals surface area contributed by atoms with Gasteiger partial charge in [-0.15, -0.1) is 0 Å². The van der Waals surface area contributed by atoms with Crippen molar-refractivity contribution >= 4 is 0 Å². The van der Waals surface area contributed by atoms with Crippen molar-refractivity contribution < 1.29 is 9.84 Å². The summed E-state index contributed by atoms with van der Waals surface area (Å²) in [5, 5.41) is 13.4. The van der Waals surface area contributed by atoms with E-state index in [9.17, 15) is 5.11 Å². The van der Waals surface area contributed by atoms with Gasteiger partial charge >= 0.3 is 0 Å². The van der Waals surface area contributed by atoms with Crippen molar-refractivity contribution in [2.75, 3.05) is 0 Å². The number of ether oxygens (including phenoxy) is 1. The highest BCUT2D eigenvalue weighted by atomic mass is 16.5. The van der Waals surface area contributed by atoms with E-state index >= 15 is 0 Å². The molecule has 0 atom stereocenters. The van der Waals surface area contributed by atoms with Gasteiger partial charge in [-0.05, 0) is 26.0 Å². The van der Waals surface area contributed by atoms with Crippen LogP contribution in [-0.2, 0) is 6.61 Å². The fourth-order valence-corrected chi connectivity index (χ4v) is 1.53. The first-order chi connectivity index (χ1) is 8.16. The van der Waals surface area contributed by atoms with Crippen molar-refractivity contribution in [2.45, 2.75) is 26.5 Å². The highest BCUT2D eigenvalue weighted by Crippen LogP contribution is 2.18. The highest BCUT2D eigenvalue weighted by molar-refractivity contribution is 5.31. The Morgan fingerprint density at radius 3 is 2.94 bits per heavy atom. The van der Waals surface area contributed by atoms with Gasteiger partial charge in [-0.2, -0.15) is 5.10 Å². The van der Waals surface area contributed by atoms with Crippen LogP contribution in [0.3, 0.4) is 0 Å². The Kier molecular flexibility index (Phi) is 3.27. The summed E-state index contributed by atoms with van der Waals surface area (Å²) in [7, 11) is 0. The summed E-state index contributed by atoms with van der Waals surface area (Å²) >= 11 is 0. The smallest absolute Gasteiger partial charge is 0.165 e. The maximum atomic E-state index is 9.30. The lowest BCUT2D eigenvalue weighted by Crippen LogP contribution is -2.10. The van der Waals surface area contributed by atoms with Crippen molar-refractivity contribution in [2.24, 2.45) is 0 Å². The minimum Gasteiger partial charge on any atom is -0.508 e. The van der Waals surface area contributed by atoms with E-state index in [1.807, 2.05) is 18.5 Å². The van der Waals surface area contributed by atoms with Gasteiger partial charge in [0.15, 0.2) is 5.82 Å². The third-order valence-corrected chi connectivity index (χ3v) is 2.32. The van der Waals surface area contributed by atoms with Crippen LogP contribution in [0.2, 0.25) is 0 Å². The Hall–Kier alpha value is -2.04. The third-order valence-electron chi connectivity index (χ3n) is 2.32. The first-order valence-corrected chi connectivity index (χ1v) is 5.47. The fraction of sp³-hybridized carbons (Fsp3) is 0.333. The molecule has 2 aromatic rings. The van der Waals surface area contributed by atoms with E-state index in [-0.39, 0.29) is 11.8 Å². The van der Waals surface area contributed by atoms with Gasteiger partial charge in [0.1, 0.15) is 24.4 Å². The number of rotatable bonds is 4. The molecule has 1 N–H and O–H groups in total. The standard InChI is InChI=1S/C12H15N3O2/c1-9(2)15-12(13-8-14-15)7-17-11-5-3-4-10(16)6-11/h3-6,8-9,16H,7H2,1-2H3. The molecule has 5 nitrogen and oxygen atoms in total. The van der Waals surface area contributed by atoms with Crippen LogP contribution in [0.25, 0.3) is 0 Å². The van der Waals surface area contributed by atoms with Crippen LogP contribution in [0.5, 0.6) is 11.5 Å². The summed E-state index contributed by atoms with van der Waals surface area (Å²) in [6.07, 6.45) is 1.52. The Morgan fingerprint density at radius 2 is 2.24 bits per heavy atom. The van der Waals surface area contributed by atoms with Crippen molar-refractivity contribution in [3.8, 4) is 11.5 Å². The van der Waals surface area contributed by atoms with Gasteiger partial charge in [0.25, 0.3) is 0 Å². The van der Waals surface area contributed by atoms with Crippen LogP contribution in [0, 0.1) is 0 Å². The van der Waals surface area contributed by atoms with Crippen LogP contribution < -0.4 is 4.74 Å². The van der Waals surface area contributed by atoms with E-state index in [4.69, 9.17) is 4.74 Å². The molecule has 0 aliphatic rings. The van der Waals surface area contributed by atoms with Gasteiger partial charge in [-0.25, -0.2) is 9.67 Å². The molecular weight excluding hydrogens is 218 g/mol. The van der Waals surface area contributed by atoms with Crippen LogP contribution in [0.4, 0.5) is 0 Å². The fourth-order valence-electron chi connectivity index (χ4n) is 1.53. The molecule has 0 saturated heterocycles. The molecule has 0 bridgehead atoms. The van der Waals surface area contributed by atoms with Crippen LogP contribution in [-0.4, -0.2) is 19.9 Å². The van der Waals surface area contributed by atoms with E-state index in [1.165, 1.54) is 6.33 Å². The SMILES string of the molecule is CC(C)n1ncnc1COc1cccc(O)c1. The molecule has 0 radical (unpaired) electrons. The van der Waals surface area contributed by atoms with E-state index in [2.05, 4.69) is 10.1 Å². The molecule has 0 saturated carbocycles. The Balaban J connectivity index is 2.05.